The van der Waals surface area contributed by atoms with Gasteiger partial charge in [-0.3, -0.25) is 4.90 Å². The highest BCUT2D eigenvalue weighted by atomic mass is 15.2. The Morgan fingerprint density at radius 2 is 2.23 bits per heavy atom. The zero-order chi connectivity index (χ0) is 9.52. The van der Waals surface area contributed by atoms with E-state index in [1.54, 1.807) is 0 Å². The summed E-state index contributed by atoms with van der Waals surface area (Å²) < 4.78 is 0. The molecule has 0 atom stereocenters. The van der Waals surface area contributed by atoms with Crippen molar-refractivity contribution >= 4 is 0 Å². The molecule has 1 N–H and O–H groups in total. The fraction of sp³-hybridized carbons (Fsp3) is 0.818. The summed E-state index contributed by atoms with van der Waals surface area (Å²) in [7, 11) is 0. The number of likely N-dealkylation sites (N-methyl/N-ethyl adjacent to an activating group) is 1. The molecule has 0 aromatic carbocycles. The smallest absolute Gasteiger partial charge is 0.0576 e. The van der Waals surface area contributed by atoms with Crippen molar-refractivity contribution in [1.82, 2.24) is 10.2 Å². The van der Waals surface area contributed by atoms with Crippen molar-refractivity contribution in [1.29, 1.82) is 0 Å². The molecule has 0 spiro atoms. The van der Waals surface area contributed by atoms with E-state index in [0.29, 0.717) is 0 Å². The van der Waals surface area contributed by atoms with E-state index in [-0.39, 0.29) is 0 Å². The molecular formula is C11H20N2. The lowest BCUT2D eigenvalue weighted by Crippen LogP contribution is -2.33. The molecule has 1 aliphatic rings. The van der Waals surface area contributed by atoms with Gasteiger partial charge < -0.3 is 5.32 Å². The van der Waals surface area contributed by atoms with E-state index in [9.17, 15) is 0 Å². The highest BCUT2D eigenvalue weighted by Gasteiger charge is 2.26. The fourth-order valence-corrected chi connectivity index (χ4v) is 1.50. The minimum Gasteiger partial charge on any atom is -0.305 e. The SMILES string of the molecule is CC#CCNCCN(CC)C1CC1. The molecule has 0 unspecified atom stereocenters. The molecule has 2 nitrogen and oxygen atoms in total. The Hall–Kier alpha value is -0.520. The fourth-order valence-electron chi connectivity index (χ4n) is 1.50. The van der Waals surface area contributed by atoms with Gasteiger partial charge in [0.15, 0.2) is 0 Å². The first-order chi connectivity index (χ1) is 6.38. The molecule has 0 radical (unpaired) electrons. The monoisotopic (exact) mass is 180 g/mol. The van der Waals surface area contributed by atoms with E-state index in [0.717, 1.165) is 19.1 Å². The summed E-state index contributed by atoms with van der Waals surface area (Å²) in [5.74, 6) is 5.88. The molecule has 1 saturated carbocycles. The van der Waals surface area contributed by atoms with E-state index in [1.807, 2.05) is 6.92 Å². The van der Waals surface area contributed by atoms with E-state index >= 15 is 0 Å². The molecule has 0 amide bonds. The van der Waals surface area contributed by atoms with Crippen LogP contribution < -0.4 is 5.32 Å². The van der Waals surface area contributed by atoms with E-state index in [2.05, 4.69) is 29.0 Å². The molecule has 0 heterocycles. The Morgan fingerprint density at radius 1 is 1.46 bits per heavy atom. The van der Waals surface area contributed by atoms with Crippen LogP contribution in [0.4, 0.5) is 0 Å². The quantitative estimate of drug-likeness (QED) is 0.486. The van der Waals surface area contributed by atoms with Crippen molar-refractivity contribution in [2.45, 2.75) is 32.7 Å². The average molecular weight is 180 g/mol. The van der Waals surface area contributed by atoms with Crippen LogP contribution in [0.15, 0.2) is 0 Å². The summed E-state index contributed by atoms with van der Waals surface area (Å²) in [6.45, 7) is 8.38. The molecule has 0 aromatic rings. The van der Waals surface area contributed by atoms with Gasteiger partial charge in [-0.25, -0.2) is 0 Å². The van der Waals surface area contributed by atoms with Crippen molar-refractivity contribution in [3.63, 3.8) is 0 Å². The van der Waals surface area contributed by atoms with Crippen LogP contribution in [0.5, 0.6) is 0 Å². The minimum atomic E-state index is 0.832. The molecule has 1 rings (SSSR count). The third-order valence-electron chi connectivity index (χ3n) is 2.44. The van der Waals surface area contributed by atoms with Crippen LogP contribution in [0.2, 0.25) is 0 Å². The van der Waals surface area contributed by atoms with Crippen molar-refractivity contribution in [3.8, 4) is 11.8 Å². The average Bonchev–Trinajstić information content (AvgIpc) is 2.95. The maximum Gasteiger partial charge on any atom is 0.0576 e. The van der Waals surface area contributed by atoms with Gasteiger partial charge in [0, 0.05) is 19.1 Å². The first kappa shape index (κ1) is 10.6. The highest BCUT2D eigenvalue weighted by molar-refractivity contribution is 4.97. The van der Waals surface area contributed by atoms with E-state index < -0.39 is 0 Å². The number of rotatable bonds is 6. The van der Waals surface area contributed by atoms with Crippen LogP contribution in [-0.2, 0) is 0 Å². The second-order valence-corrected chi connectivity index (χ2v) is 3.46. The molecule has 74 valence electrons. The van der Waals surface area contributed by atoms with Gasteiger partial charge in [0.25, 0.3) is 0 Å². The zero-order valence-corrected chi connectivity index (χ0v) is 8.77. The van der Waals surface area contributed by atoms with Crippen LogP contribution in [-0.4, -0.2) is 37.1 Å². The van der Waals surface area contributed by atoms with Crippen molar-refractivity contribution in [2.24, 2.45) is 0 Å². The molecule has 2 heteroatoms. The van der Waals surface area contributed by atoms with Gasteiger partial charge in [-0.05, 0) is 26.3 Å². The Balaban J connectivity index is 1.98. The summed E-state index contributed by atoms with van der Waals surface area (Å²) in [5, 5.41) is 3.32. The Morgan fingerprint density at radius 3 is 2.77 bits per heavy atom. The lowest BCUT2D eigenvalue weighted by atomic mass is 10.4. The summed E-state index contributed by atoms with van der Waals surface area (Å²) in [6, 6.07) is 0.893. The Bertz CT molecular complexity index is 186. The van der Waals surface area contributed by atoms with Gasteiger partial charge in [0.05, 0.1) is 6.54 Å². The summed E-state index contributed by atoms with van der Waals surface area (Å²) in [4.78, 5) is 2.55. The van der Waals surface area contributed by atoms with E-state index in [4.69, 9.17) is 0 Å². The molecule has 0 aromatic heterocycles. The Kier molecular flexibility index (Phi) is 4.88. The summed E-state index contributed by atoms with van der Waals surface area (Å²) in [6.07, 6.45) is 2.81. The number of nitrogens with zero attached hydrogens (tertiary/aromatic N) is 1. The maximum atomic E-state index is 3.32. The van der Waals surface area contributed by atoms with Crippen LogP contribution in [0.25, 0.3) is 0 Å². The minimum absolute atomic E-state index is 0.832. The van der Waals surface area contributed by atoms with Gasteiger partial charge >= 0.3 is 0 Å². The summed E-state index contributed by atoms with van der Waals surface area (Å²) >= 11 is 0. The van der Waals surface area contributed by atoms with Gasteiger partial charge in [-0.2, -0.15) is 0 Å². The second kappa shape index (κ2) is 6.01. The van der Waals surface area contributed by atoms with Crippen molar-refractivity contribution in [2.75, 3.05) is 26.2 Å². The maximum absolute atomic E-state index is 3.32. The second-order valence-electron chi connectivity index (χ2n) is 3.46. The number of nitrogens with one attached hydrogen (secondary N) is 1. The third kappa shape index (κ3) is 4.31. The largest absolute Gasteiger partial charge is 0.305 e. The van der Waals surface area contributed by atoms with Crippen LogP contribution in [0.1, 0.15) is 26.7 Å². The van der Waals surface area contributed by atoms with Crippen LogP contribution >= 0.6 is 0 Å². The molecular weight excluding hydrogens is 160 g/mol. The Labute approximate surface area is 81.7 Å². The summed E-state index contributed by atoms with van der Waals surface area (Å²) in [5.41, 5.74) is 0. The first-order valence-electron chi connectivity index (χ1n) is 5.22. The van der Waals surface area contributed by atoms with Crippen LogP contribution in [0.3, 0.4) is 0 Å². The normalized spacial score (nSPS) is 15.6. The number of hydrogen-bond acceptors (Lipinski definition) is 2. The molecule has 0 bridgehead atoms. The lowest BCUT2D eigenvalue weighted by molar-refractivity contribution is 0.279. The van der Waals surface area contributed by atoms with E-state index in [1.165, 1.54) is 25.9 Å². The molecule has 13 heavy (non-hydrogen) atoms. The standard InChI is InChI=1S/C11H20N2/c1-3-5-8-12-9-10-13(4-2)11-6-7-11/h11-12H,4,6-10H2,1-2H3. The topological polar surface area (TPSA) is 15.3 Å². The zero-order valence-electron chi connectivity index (χ0n) is 8.77. The van der Waals surface area contributed by atoms with Crippen molar-refractivity contribution < 1.29 is 0 Å². The number of hydrogen-bond donors (Lipinski definition) is 1. The molecule has 0 aliphatic heterocycles. The van der Waals surface area contributed by atoms with Gasteiger partial charge in [0.1, 0.15) is 0 Å². The van der Waals surface area contributed by atoms with Gasteiger partial charge in [0.2, 0.25) is 0 Å². The molecule has 1 aliphatic carbocycles. The third-order valence-corrected chi connectivity index (χ3v) is 2.44. The predicted molar refractivity (Wildman–Crippen MR) is 56.6 cm³/mol. The van der Waals surface area contributed by atoms with Crippen molar-refractivity contribution in [3.05, 3.63) is 0 Å². The first-order valence-corrected chi connectivity index (χ1v) is 5.22. The molecule has 1 fully saturated rings. The van der Waals surface area contributed by atoms with Crippen LogP contribution in [0, 0.1) is 11.8 Å². The predicted octanol–water partition coefficient (Wildman–Crippen LogP) is 1.08. The molecule has 0 saturated heterocycles. The highest BCUT2D eigenvalue weighted by Crippen LogP contribution is 2.25. The lowest BCUT2D eigenvalue weighted by Gasteiger charge is -2.19. The van der Waals surface area contributed by atoms with Gasteiger partial charge in [-0.15, -0.1) is 5.92 Å². The van der Waals surface area contributed by atoms with Gasteiger partial charge in [-0.1, -0.05) is 12.8 Å².